The van der Waals surface area contributed by atoms with E-state index in [-0.39, 0.29) is 25.4 Å². The van der Waals surface area contributed by atoms with Crippen LogP contribution >= 0.6 is 0 Å². The monoisotopic (exact) mass is 316 g/mol. The van der Waals surface area contributed by atoms with E-state index in [1.807, 2.05) is 13.8 Å². The van der Waals surface area contributed by atoms with Crippen molar-refractivity contribution in [2.75, 3.05) is 13.1 Å². The smallest absolute Gasteiger partial charge is 0.326 e. The lowest BCUT2D eigenvalue weighted by Gasteiger charge is -2.17. The van der Waals surface area contributed by atoms with Crippen LogP contribution in [0, 0.1) is 5.92 Å². The Labute approximate surface area is 129 Å². The average Bonchev–Trinajstić information content (AvgIpc) is 2.42. The summed E-state index contributed by atoms with van der Waals surface area (Å²) >= 11 is 0. The molecule has 0 bridgehead atoms. The molecule has 2 atom stereocenters. The third-order valence-corrected chi connectivity index (χ3v) is 2.72. The van der Waals surface area contributed by atoms with Crippen LogP contribution < -0.4 is 21.7 Å². The highest BCUT2D eigenvalue weighted by molar-refractivity contribution is 5.91. The lowest BCUT2D eigenvalue weighted by Crippen LogP contribution is -2.50. The van der Waals surface area contributed by atoms with Gasteiger partial charge in [-0.05, 0) is 19.3 Å². The highest BCUT2D eigenvalue weighted by Crippen LogP contribution is 2.04. The van der Waals surface area contributed by atoms with Crippen LogP contribution in [0.15, 0.2) is 0 Å². The van der Waals surface area contributed by atoms with E-state index >= 15 is 0 Å². The first kappa shape index (κ1) is 19.8. The highest BCUT2D eigenvalue weighted by atomic mass is 16.4. The number of hydrogen-bond acceptors (Lipinski definition) is 5. The summed E-state index contributed by atoms with van der Waals surface area (Å²) in [5.74, 6) is -2.69. The quantitative estimate of drug-likeness (QED) is 0.338. The van der Waals surface area contributed by atoms with E-state index in [0.717, 1.165) is 0 Å². The second-order valence-electron chi connectivity index (χ2n) is 5.30. The molecule has 3 amide bonds. The number of amides is 3. The van der Waals surface area contributed by atoms with Gasteiger partial charge in [0.25, 0.3) is 0 Å². The third kappa shape index (κ3) is 8.20. The predicted octanol–water partition coefficient (Wildman–Crippen LogP) is -1.82. The fraction of sp³-hybridized carbons (Fsp3) is 0.692. The fourth-order valence-electron chi connectivity index (χ4n) is 1.62. The minimum absolute atomic E-state index is 0.0995. The molecular formula is C13H24N4O5. The van der Waals surface area contributed by atoms with Crippen LogP contribution in [0.1, 0.15) is 27.2 Å². The molecule has 0 fully saturated rings. The zero-order valence-corrected chi connectivity index (χ0v) is 13.0. The molecule has 0 aliphatic carbocycles. The van der Waals surface area contributed by atoms with Crippen molar-refractivity contribution in [3.8, 4) is 0 Å². The summed E-state index contributed by atoms with van der Waals surface area (Å²) in [6.45, 7) is 4.51. The van der Waals surface area contributed by atoms with Crippen LogP contribution in [0.4, 0.5) is 0 Å². The SMILES string of the molecule is CC(C)C[C@H](NC(=O)CNC(=O)[C@H](C)NC(=O)CN)C(=O)O. The Morgan fingerprint density at radius 1 is 1.05 bits per heavy atom. The van der Waals surface area contributed by atoms with E-state index in [9.17, 15) is 19.2 Å². The maximum atomic E-state index is 11.6. The summed E-state index contributed by atoms with van der Waals surface area (Å²) in [7, 11) is 0. The average molecular weight is 316 g/mol. The number of nitrogens with two attached hydrogens (primary N) is 1. The molecule has 0 spiro atoms. The van der Waals surface area contributed by atoms with Gasteiger partial charge in [-0.3, -0.25) is 14.4 Å². The van der Waals surface area contributed by atoms with Gasteiger partial charge in [-0.25, -0.2) is 4.79 Å². The summed E-state index contributed by atoms with van der Waals surface area (Å²) in [6.07, 6.45) is 0.290. The topological polar surface area (TPSA) is 151 Å². The van der Waals surface area contributed by atoms with Crippen molar-refractivity contribution >= 4 is 23.7 Å². The van der Waals surface area contributed by atoms with Crippen LogP contribution in [0.5, 0.6) is 0 Å². The van der Waals surface area contributed by atoms with E-state index in [1.165, 1.54) is 6.92 Å². The minimum atomic E-state index is -1.13. The van der Waals surface area contributed by atoms with E-state index < -0.39 is 35.8 Å². The highest BCUT2D eigenvalue weighted by Gasteiger charge is 2.22. The number of hydrogen-bond donors (Lipinski definition) is 5. The molecular weight excluding hydrogens is 292 g/mol. The van der Waals surface area contributed by atoms with Crippen molar-refractivity contribution < 1.29 is 24.3 Å². The molecule has 0 radical (unpaired) electrons. The summed E-state index contributed by atoms with van der Waals surface area (Å²) in [5, 5.41) is 16.0. The van der Waals surface area contributed by atoms with E-state index in [4.69, 9.17) is 10.8 Å². The first-order chi connectivity index (χ1) is 10.2. The summed E-state index contributed by atoms with van der Waals surface area (Å²) in [4.78, 5) is 45.3. The largest absolute Gasteiger partial charge is 0.480 e. The molecule has 6 N–H and O–H groups in total. The number of aliphatic carboxylic acids is 1. The van der Waals surface area contributed by atoms with E-state index in [1.54, 1.807) is 0 Å². The molecule has 22 heavy (non-hydrogen) atoms. The molecule has 0 aliphatic rings. The molecule has 0 saturated heterocycles. The standard InChI is InChI=1S/C13H24N4O5/c1-7(2)4-9(13(21)22)17-11(19)6-15-12(20)8(3)16-10(18)5-14/h7-9H,4-6,14H2,1-3H3,(H,15,20)(H,16,18)(H,17,19)(H,21,22)/t8-,9-/m0/s1. The molecule has 9 heteroatoms. The van der Waals surface area contributed by atoms with Gasteiger partial charge in [0, 0.05) is 0 Å². The van der Waals surface area contributed by atoms with Gasteiger partial charge in [-0.2, -0.15) is 0 Å². The van der Waals surface area contributed by atoms with Crippen LogP contribution in [-0.4, -0.2) is 54.0 Å². The number of carbonyl (C=O) groups excluding carboxylic acids is 3. The van der Waals surface area contributed by atoms with Crippen LogP contribution in [0.2, 0.25) is 0 Å². The van der Waals surface area contributed by atoms with Crippen molar-refractivity contribution in [1.82, 2.24) is 16.0 Å². The molecule has 0 unspecified atom stereocenters. The molecule has 0 heterocycles. The lowest BCUT2D eigenvalue weighted by molar-refractivity contribution is -0.142. The Morgan fingerprint density at radius 2 is 1.64 bits per heavy atom. The zero-order chi connectivity index (χ0) is 17.3. The molecule has 0 aromatic carbocycles. The van der Waals surface area contributed by atoms with Gasteiger partial charge < -0.3 is 26.8 Å². The third-order valence-electron chi connectivity index (χ3n) is 2.72. The number of carboxylic acid groups (broad SMARTS) is 1. The molecule has 9 nitrogen and oxygen atoms in total. The van der Waals surface area contributed by atoms with Gasteiger partial charge in [0.1, 0.15) is 12.1 Å². The Kier molecular flexibility index (Phi) is 8.76. The van der Waals surface area contributed by atoms with E-state index in [0.29, 0.717) is 0 Å². The van der Waals surface area contributed by atoms with Gasteiger partial charge >= 0.3 is 5.97 Å². The maximum Gasteiger partial charge on any atom is 0.326 e. The Bertz CT molecular complexity index is 425. The van der Waals surface area contributed by atoms with Gasteiger partial charge in [-0.1, -0.05) is 13.8 Å². The number of rotatable bonds is 9. The molecule has 0 aliphatic heterocycles. The first-order valence-electron chi connectivity index (χ1n) is 6.96. The van der Waals surface area contributed by atoms with Crippen molar-refractivity contribution in [3.63, 3.8) is 0 Å². The van der Waals surface area contributed by atoms with Crippen LogP contribution in [0.25, 0.3) is 0 Å². The number of carbonyl (C=O) groups is 4. The predicted molar refractivity (Wildman–Crippen MR) is 78.7 cm³/mol. The van der Waals surface area contributed by atoms with Gasteiger partial charge in [-0.15, -0.1) is 0 Å². The lowest BCUT2D eigenvalue weighted by atomic mass is 10.0. The fourth-order valence-corrected chi connectivity index (χ4v) is 1.62. The maximum absolute atomic E-state index is 11.6. The van der Waals surface area contributed by atoms with Crippen LogP contribution in [0.3, 0.4) is 0 Å². The summed E-state index contributed by atoms with van der Waals surface area (Å²) < 4.78 is 0. The van der Waals surface area contributed by atoms with Crippen molar-refractivity contribution in [1.29, 1.82) is 0 Å². The first-order valence-corrected chi connectivity index (χ1v) is 6.96. The molecule has 0 saturated carbocycles. The number of nitrogens with one attached hydrogen (secondary N) is 3. The Hall–Kier alpha value is -2.16. The molecule has 0 aromatic heterocycles. The molecule has 126 valence electrons. The van der Waals surface area contributed by atoms with Crippen LogP contribution in [-0.2, 0) is 19.2 Å². The van der Waals surface area contributed by atoms with Crippen molar-refractivity contribution in [3.05, 3.63) is 0 Å². The Balaban J connectivity index is 4.28. The van der Waals surface area contributed by atoms with E-state index in [2.05, 4.69) is 16.0 Å². The second kappa shape index (κ2) is 9.72. The minimum Gasteiger partial charge on any atom is -0.480 e. The normalized spacial score (nSPS) is 13.1. The molecule has 0 aromatic rings. The van der Waals surface area contributed by atoms with Crippen molar-refractivity contribution in [2.45, 2.75) is 39.3 Å². The van der Waals surface area contributed by atoms with Gasteiger partial charge in [0.05, 0.1) is 13.1 Å². The summed E-state index contributed by atoms with van der Waals surface area (Å²) in [6, 6.07) is -1.84. The van der Waals surface area contributed by atoms with Gasteiger partial charge in [0.15, 0.2) is 0 Å². The van der Waals surface area contributed by atoms with Gasteiger partial charge in [0.2, 0.25) is 17.7 Å². The number of carboxylic acids is 1. The molecule has 0 rings (SSSR count). The zero-order valence-electron chi connectivity index (χ0n) is 13.0. The second-order valence-corrected chi connectivity index (χ2v) is 5.30. The Morgan fingerprint density at radius 3 is 2.09 bits per heavy atom. The van der Waals surface area contributed by atoms with Crippen molar-refractivity contribution in [2.24, 2.45) is 11.7 Å². The summed E-state index contributed by atoms with van der Waals surface area (Å²) in [5.41, 5.74) is 5.10.